The predicted molar refractivity (Wildman–Crippen MR) is 139 cm³/mol. The smallest absolute Gasteiger partial charge is 0.407 e. The van der Waals surface area contributed by atoms with Gasteiger partial charge < -0.3 is 15.4 Å². The monoisotopic (exact) mass is 507 g/mol. The summed E-state index contributed by atoms with van der Waals surface area (Å²) in [5.41, 5.74) is 1.76. The number of alkyl carbamates (subject to hydrolysis) is 1. The summed E-state index contributed by atoms with van der Waals surface area (Å²) >= 11 is 0. The number of carbonyl (C=O) groups is 2. The van der Waals surface area contributed by atoms with Crippen molar-refractivity contribution in [2.45, 2.75) is 70.6 Å². The summed E-state index contributed by atoms with van der Waals surface area (Å²) in [7, 11) is 0. The fourth-order valence-corrected chi connectivity index (χ4v) is 5.20. The van der Waals surface area contributed by atoms with E-state index in [2.05, 4.69) is 39.3 Å². The maximum Gasteiger partial charge on any atom is 0.407 e. The molecule has 196 valence electrons. The van der Waals surface area contributed by atoms with Crippen molar-refractivity contribution in [2.75, 3.05) is 5.32 Å². The van der Waals surface area contributed by atoms with E-state index in [-0.39, 0.29) is 23.7 Å². The maximum atomic E-state index is 14.5. The molecule has 2 aliphatic carbocycles. The number of allylic oxidation sites excluding steroid dienone is 3. The van der Waals surface area contributed by atoms with Crippen LogP contribution in [0.2, 0.25) is 0 Å². The molecule has 9 heteroatoms. The second kappa shape index (κ2) is 10.8. The van der Waals surface area contributed by atoms with Gasteiger partial charge in [0.2, 0.25) is 0 Å². The van der Waals surface area contributed by atoms with Gasteiger partial charge in [0.1, 0.15) is 17.5 Å². The number of rotatable bonds is 5. The number of anilines is 1. The number of aromatic nitrogens is 1. The lowest BCUT2D eigenvalue weighted by Crippen LogP contribution is -2.42. The van der Waals surface area contributed by atoms with Crippen molar-refractivity contribution >= 4 is 17.7 Å². The molecule has 4 rings (SSSR count). The van der Waals surface area contributed by atoms with Crippen LogP contribution in [0.15, 0.2) is 76.7 Å². The Kier molecular flexibility index (Phi) is 7.71. The predicted octanol–water partition coefficient (Wildman–Crippen LogP) is 6.13. The van der Waals surface area contributed by atoms with Crippen LogP contribution in [0, 0.1) is 11.8 Å². The topological polar surface area (TPSA) is 105 Å². The first-order valence-corrected chi connectivity index (χ1v) is 12.6. The average molecular weight is 508 g/mol. The van der Waals surface area contributed by atoms with Crippen LogP contribution in [0.5, 0.6) is 0 Å². The fourth-order valence-electron chi connectivity index (χ4n) is 5.20. The lowest BCUT2D eigenvalue weighted by atomic mass is 9.76. The number of nitrogens with one attached hydrogen (secondary N) is 2. The fraction of sp³-hybridized carbons (Fsp3) is 0.464. The highest BCUT2D eigenvalue weighted by molar-refractivity contribution is 6.05. The third kappa shape index (κ3) is 6.39. The van der Waals surface area contributed by atoms with Gasteiger partial charge in [0.05, 0.1) is 23.5 Å². The highest BCUT2D eigenvalue weighted by Gasteiger charge is 2.36. The van der Waals surface area contributed by atoms with E-state index in [0.717, 1.165) is 18.4 Å². The molecule has 5 atom stereocenters. The zero-order valence-corrected chi connectivity index (χ0v) is 21.7. The lowest BCUT2D eigenvalue weighted by Gasteiger charge is -2.35. The van der Waals surface area contributed by atoms with E-state index in [0.29, 0.717) is 29.3 Å². The van der Waals surface area contributed by atoms with Crippen LogP contribution in [0.4, 0.5) is 14.9 Å². The van der Waals surface area contributed by atoms with Gasteiger partial charge in [-0.25, -0.2) is 9.18 Å². The Hall–Kier alpha value is -3.62. The Morgan fingerprint density at radius 2 is 2.00 bits per heavy atom. The summed E-state index contributed by atoms with van der Waals surface area (Å²) in [5, 5.41) is 14.2. The van der Waals surface area contributed by atoms with Crippen molar-refractivity contribution in [3.8, 4) is 0 Å². The van der Waals surface area contributed by atoms with E-state index in [1.165, 1.54) is 18.2 Å². The number of pyridine rings is 1. The average Bonchev–Trinajstić information content (AvgIpc) is 2.82. The third-order valence-electron chi connectivity index (χ3n) is 6.73. The van der Waals surface area contributed by atoms with Gasteiger partial charge in [0, 0.05) is 17.8 Å². The summed E-state index contributed by atoms with van der Waals surface area (Å²) < 4.78 is 20.0. The molecule has 0 saturated heterocycles. The quantitative estimate of drug-likeness (QED) is 0.500. The van der Waals surface area contributed by atoms with Gasteiger partial charge in [-0.05, 0) is 87.8 Å². The van der Waals surface area contributed by atoms with E-state index in [1.807, 2.05) is 26.8 Å². The molecule has 1 saturated carbocycles. The molecule has 3 aliphatic rings. The molecule has 0 bridgehead atoms. The highest BCUT2D eigenvalue weighted by Crippen LogP contribution is 2.40. The van der Waals surface area contributed by atoms with Crippen LogP contribution in [0.1, 0.15) is 58.4 Å². The zero-order valence-electron chi connectivity index (χ0n) is 21.7. The molecule has 1 aromatic heterocycles. The number of nitrogens with zero attached hydrogens (tertiary/aromatic N) is 3. The van der Waals surface area contributed by atoms with Crippen LogP contribution >= 0.6 is 0 Å². The number of amides is 2. The molecular weight excluding hydrogens is 473 g/mol. The minimum absolute atomic E-state index is 0.0521. The molecule has 2 unspecified atom stereocenters. The van der Waals surface area contributed by atoms with Crippen molar-refractivity contribution in [2.24, 2.45) is 22.1 Å². The minimum atomic E-state index is -0.745. The number of azo groups is 1. The van der Waals surface area contributed by atoms with E-state index >= 15 is 0 Å². The largest absolute Gasteiger partial charge is 0.444 e. The lowest BCUT2D eigenvalue weighted by molar-refractivity contribution is -0.113. The Labute approximate surface area is 216 Å². The summed E-state index contributed by atoms with van der Waals surface area (Å²) in [6.07, 6.45) is 11.3. The molecule has 1 aromatic rings. The van der Waals surface area contributed by atoms with Crippen LogP contribution in [0.25, 0.3) is 0 Å². The first-order chi connectivity index (χ1) is 17.5. The molecule has 2 amide bonds. The van der Waals surface area contributed by atoms with E-state index in [9.17, 15) is 14.0 Å². The number of hydrogen-bond acceptors (Lipinski definition) is 6. The van der Waals surface area contributed by atoms with Crippen LogP contribution in [-0.2, 0) is 9.53 Å². The Morgan fingerprint density at radius 3 is 2.73 bits per heavy atom. The zero-order chi connectivity index (χ0) is 26.7. The van der Waals surface area contributed by atoms with Gasteiger partial charge in [0.15, 0.2) is 0 Å². The number of carbonyl (C=O) groups excluding carboxylic acids is 2. The molecule has 1 fully saturated rings. The van der Waals surface area contributed by atoms with Gasteiger partial charge >= 0.3 is 6.09 Å². The van der Waals surface area contributed by atoms with Crippen LogP contribution in [-0.4, -0.2) is 34.7 Å². The Balaban J connectivity index is 1.50. The van der Waals surface area contributed by atoms with Gasteiger partial charge in [-0.15, -0.1) is 0 Å². The molecule has 2 N–H and O–H groups in total. The normalized spacial score (nSPS) is 27.2. The Bertz CT molecular complexity index is 1200. The SMILES string of the molecule is C=CC1=CC2C(F)=CC=C(C(=O)Nc3cnccc3[C@@H]3C[C@H](C)C[C@H](NC(=O)OC(C)(C)C)C3)C2N=N1. The number of ether oxygens (including phenoxy) is 1. The van der Waals surface area contributed by atoms with Crippen molar-refractivity contribution in [1.29, 1.82) is 0 Å². The molecule has 37 heavy (non-hydrogen) atoms. The second-order valence-electron chi connectivity index (χ2n) is 10.9. The summed E-state index contributed by atoms with van der Waals surface area (Å²) in [5.74, 6) is -0.988. The first-order valence-electron chi connectivity index (χ1n) is 12.6. The standard InChI is InChI=1S/C28H34FN5O3/c1-6-18-14-22-23(29)8-7-21(25(22)34-33-18)26(35)32-24-15-30-10-9-20(24)17-11-16(2)12-19(13-17)31-27(36)37-28(3,4)5/h6-10,14-17,19,22,25H,1,11-13H2,2-5H3,(H,31,36)(H,32,35)/t16-,17+,19-,22?,25?/m0/s1. The van der Waals surface area contributed by atoms with E-state index in [4.69, 9.17) is 4.74 Å². The van der Waals surface area contributed by atoms with Crippen molar-refractivity contribution in [1.82, 2.24) is 10.3 Å². The number of halogens is 1. The van der Waals surface area contributed by atoms with E-state index in [1.54, 1.807) is 18.5 Å². The molecule has 0 spiro atoms. The molecule has 1 aliphatic heterocycles. The van der Waals surface area contributed by atoms with Crippen molar-refractivity contribution in [3.63, 3.8) is 0 Å². The van der Waals surface area contributed by atoms with Gasteiger partial charge in [-0.2, -0.15) is 10.2 Å². The molecule has 8 nitrogen and oxygen atoms in total. The van der Waals surface area contributed by atoms with Gasteiger partial charge in [0.25, 0.3) is 5.91 Å². The summed E-state index contributed by atoms with van der Waals surface area (Å²) in [6.45, 7) is 11.3. The highest BCUT2D eigenvalue weighted by atomic mass is 19.1. The number of hydrogen-bond donors (Lipinski definition) is 2. The third-order valence-corrected chi connectivity index (χ3v) is 6.73. The van der Waals surface area contributed by atoms with Crippen LogP contribution in [0.3, 0.4) is 0 Å². The summed E-state index contributed by atoms with van der Waals surface area (Å²) in [4.78, 5) is 29.9. The van der Waals surface area contributed by atoms with Crippen molar-refractivity contribution in [3.05, 3.63) is 72.0 Å². The van der Waals surface area contributed by atoms with E-state index < -0.39 is 23.7 Å². The molecule has 0 aromatic carbocycles. The first kappa shape index (κ1) is 26.4. The molecule has 2 heterocycles. The van der Waals surface area contributed by atoms with Gasteiger partial charge in [-0.3, -0.25) is 9.78 Å². The summed E-state index contributed by atoms with van der Waals surface area (Å²) in [6, 6.07) is 1.11. The van der Waals surface area contributed by atoms with Crippen molar-refractivity contribution < 1.29 is 18.7 Å². The van der Waals surface area contributed by atoms with Gasteiger partial charge in [-0.1, -0.05) is 13.5 Å². The molecule has 0 radical (unpaired) electrons. The maximum absolute atomic E-state index is 14.5. The molecular formula is C28H34FN5O3. The Morgan fingerprint density at radius 1 is 1.22 bits per heavy atom. The second-order valence-corrected chi connectivity index (χ2v) is 10.9. The minimum Gasteiger partial charge on any atom is -0.444 e. The number of fused-ring (bicyclic) bond motifs is 1. The van der Waals surface area contributed by atoms with Crippen LogP contribution < -0.4 is 10.6 Å².